The Kier molecular flexibility index (Phi) is 5.64. The highest BCUT2D eigenvalue weighted by Gasteiger charge is 2.12. The zero-order valence-corrected chi connectivity index (χ0v) is 13.6. The van der Waals surface area contributed by atoms with Crippen molar-refractivity contribution in [3.05, 3.63) is 46.1 Å². The van der Waals surface area contributed by atoms with Gasteiger partial charge in [-0.1, -0.05) is 12.5 Å². The van der Waals surface area contributed by atoms with Gasteiger partial charge in [0.25, 0.3) is 5.56 Å². The van der Waals surface area contributed by atoms with Gasteiger partial charge in [-0.15, -0.1) is 0 Å². The van der Waals surface area contributed by atoms with Gasteiger partial charge in [0.1, 0.15) is 0 Å². The molecule has 0 spiro atoms. The Morgan fingerprint density at radius 2 is 2.00 bits per heavy atom. The molecule has 0 amide bonds. The number of allylic oxidation sites excluding steroid dienone is 4. The van der Waals surface area contributed by atoms with Crippen LogP contribution in [0.4, 0.5) is 0 Å². The molecule has 0 radical (unpaired) electrons. The van der Waals surface area contributed by atoms with Crippen LogP contribution in [0.2, 0.25) is 0 Å². The van der Waals surface area contributed by atoms with E-state index in [1.165, 1.54) is 38.4 Å². The lowest BCUT2D eigenvalue weighted by Crippen LogP contribution is -2.31. The molecule has 1 aliphatic heterocycles. The molecule has 23 heavy (non-hydrogen) atoms. The smallest absolute Gasteiger partial charge is 0.264 e. The molecule has 1 aliphatic carbocycles. The number of hydrogen-bond acceptors (Lipinski definition) is 4. The molecule has 1 fully saturated rings. The molecule has 3 rings (SSSR count). The van der Waals surface area contributed by atoms with Crippen LogP contribution in [0.15, 0.2) is 34.8 Å². The quantitative estimate of drug-likeness (QED) is 0.820. The summed E-state index contributed by atoms with van der Waals surface area (Å²) in [5.74, 6) is 1.05. The molecule has 0 unspecified atom stereocenters. The number of piperidine rings is 1. The van der Waals surface area contributed by atoms with Crippen LogP contribution in [-0.2, 0) is 4.74 Å². The van der Waals surface area contributed by atoms with Crippen LogP contribution in [0.3, 0.4) is 0 Å². The van der Waals surface area contributed by atoms with Crippen molar-refractivity contribution in [1.29, 1.82) is 0 Å². The highest BCUT2D eigenvalue weighted by atomic mass is 16.5. The summed E-state index contributed by atoms with van der Waals surface area (Å²) in [6.45, 7) is 4.44. The van der Waals surface area contributed by atoms with Crippen LogP contribution in [0.25, 0.3) is 5.57 Å². The number of ether oxygens (including phenoxy) is 1. The van der Waals surface area contributed by atoms with Gasteiger partial charge in [-0.3, -0.25) is 4.79 Å². The van der Waals surface area contributed by atoms with Gasteiger partial charge in [0.15, 0.2) is 0 Å². The average Bonchev–Trinajstić information content (AvgIpc) is 2.61. The Morgan fingerprint density at radius 3 is 2.70 bits per heavy atom. The predicted octanol–water partition coefficient (Wildman–Crippen LogP) is 2.72. The Morgan fingerprint density at radius 1 is 1.13 bits per heavy atom. The maximum Gasteiger partial charge on any atom is 0.264 e. The van der Waals surface area contributed by atoms with Crippen LogP contribution in [0, 0.1) is 0 Å². The normalized spacial score (nSPS) is 19.1. The van der Waals surface area contributed by atoms with E-state index in [4.69, 9.17) is 4.74 Å². The Labute approximate surface area is 137 Å². The van der Waals surface area contributed by atoms with E-state index in [1.54, 1.807) is 6.07 Å². The molecular formula is C18H25N3O2. The molecule has 1 aromatic heterocycles. The van der Waals surface area contributed by atoms with Crippen LogP contribution in [0.5, 0.6) is 0 Å². The highest BCUT2D eigenvalue weighted by Crippen LogP contribution is 2.25. The Balaban J connectivity index is 1.43. The summed E-state index contributed by atoms with van der Waals surface area (Å²) in [6.07, 6.45) is 11.1. The molecule has 5 heteroatoms. The number of rotatable bonds is 6. The molecule has 1 aromatic rings. The maximum absolute atomic E-state index is 11.0. The van der Waals surface area contributed by atoms with Gasteiger partial charge < -0.3 is 9.64 Å². The highest BCUT2D eigenvalue weighted by molar-refractivity contribution is 5.65. The fourth-order valence-corrected chi connectivity index (χ4v) is 3.15. The van der Waals surface area contributed by atoms with E-state index in [0.29, 0.717) is 0 Å². The third-order valence-corrected chi connectivity index (χ3v) is 4.47. The van der Waals surface area contributed by atoms with Gasteiger partial charge in [0.2, 0.25) is 0 Å². The Hall–Kier alpha value is -1.88. The monoisotopic (exact) mass is 315 g/mol. The summed E-state index contributed by atoms with van der Waals surface area (Å²) in [6, 6.07) is 3.28. The summed E-state index contributed by atoms with van der Waals surface area (Å²) in [5, 5.41) is 6.55. The van der Waals surface area contributed by atoms with Crippen molar-refractivity contribution in [3.63, 3.8) is 0 Å². The lowest BCUT2D eigenvalue weighted by molar-refractivity contribution is 0.165. The molecule has 0 saturated carbocycles. The van der Waals surface area contributed by atoms with Crippen molar-refractivity contribution in [1.82, 2.24) is 15.1 Å². The number of H-pyrrole nitrogens is 1. The minimum absolute atomic E-state index is 0.168. The molecule has 1 saturated heterocycles. The predicted molar refractivity (Wildman–Crippen MR) is 91.0 cm³/mol. The summed E-state index contributed by atoms with van der Waals surface area (Å²) in [5.41, 5.74) is 1.81. The Bertz CT molecular complexity index is 607. The lowest BCUT2D eigenvalue weighted by atomic mass is 10.0. The second kappa shape index (κ2) is 8.11. The van der Waals surface area contributed by atoms with E-state index in [0.717, 1.165) is 49.4 Å². The summed E-state index contributed by atoms with van der Waals surface area (Å²) in [7, 11) is 0. The largest absolute Gasteiger partial charge is 0.498 e. The summed E-state index contributed by atoms with van der Waals surface area (Å²) < 4.78 is 5.89. The molecule has 2 heterocycles. The molecule has 2 aliphatic rings. The third kappa shape index (κ3) is 4.79. The van der Waals surface area contributed by atoms with Crippen LogP contribution < -0.4 is 5.56 Å². The first-order valence-corrected chi connectivity index (χ1v) is 8.62. The zero-order valence-electron chi connectivity index (χ0n) is 13.6. The van der Waals surface area contributed by atoms with Crippen LogP contribution in [0.1, 0.15) is 44.2 Å². The van der Waals surface area contributed by atoms with E-state index in [-0.39, 0.29) is 5.56 Å². The van der Waals surface area contributed by atoms with E-state index >= 15 is 0 Å². The summed E-state index contributed by atoms with van der Waals surface area (Å²) in [4.78, 5) is 13.6. The van der Waals surface area contributed by atoms with Gasteiger partial charge in [-0.25, -0.2) is 5.10 Å². The van der Waals surface area contributed by atoms with Crippen molar-refractivity contribution in [2.45, 2.75) is 38.5 Å². The first-order chi connectivity index (χ1) is 11.3. The summed E-state index contributed by atoms with van der Waals surface area (Å²) >= 11 is 0. The van der Waals surface area contributed by atoms with Crippen molar-refractivity contribution in [2.75, 3.05) is 26.2 Å². The maximum atomic E-state index is 11.0. The second-order valence-corrected chi connectivity index (χ2v) is 6.24. The fraction of sp³-hybridized carbons (Fsp3) is 0.556. The molecule has 0 aromatic carbocycles. The average molecular weight is 315 g/mol. The van der Waals surface area contributed by atoms with Gasteiger partial charge in [0.05, 0.1) is 18.1 Å². The number of hydrogen-bond donors (Lipinski definition) is 1. The molecular weight excluding hydrogens is 290 g/mol. The van der Waals surface area contributed by atoms with Crippen molar-refractivity contribution in [2.24, 2.45) is 0 Å². The van der Waals surface area contributed by atoms with E-state index in [9.17, 15) is 4.79 Å². The number of aromatic amines is 1. The van der Waals surface area contributed by atoms with Gasteiger partial charge >= 0.3 is 0 Å². The third-order valence-electron chi connectivity index (χ3n) is 4.47. The van der Waals surface area contributed by atoms with Crippen molar-refractivity contribution in [3.8, 4) is 0 Å². The minimum atomic E-state index is -0.168. The first-order valence-electron chi connectivity index (χ1n) is 8.62. The van der Waals surface area contributed by atoms with E-state index in [2.05, 4.69) is 15.1 Å². The molecule has 0 bridgehead atoms. The van der Waals surface area contributed by atoms with Gasteiger partial charge in [0, 0.05) is 19.0 Å². The van der Waals surface area contributed by atoms with E-state index < -0.39 is 0 Å². The number of aromatic nitrogens is 2. The number of nitrogens with zero attached hydrogens (tertiary/aromatic N) is 2. The van der Waals surface area contributed by atoms with Gasteiger partial charge in [-0.05, 0) is 56.5 Å². The number of nitrogens with one attached hydrogen (secondary N) is 1. The first kappa shape index (κ1) is 16.0. The zero-order chi connectivity index (χ0) is 15.9. The second-order valence-electron chi connectivity index (χ2n) is 6.24. The minimum Gasteiger partial charge on any atom is -0.498 e. The lowest BCUT2D eigenvalue weighted by Gasteiger charge is -2.26. The van der Waals surface area contributed by atoms with E-state index in [1.807, 2.05) is 12.2 Å². The van der Waals surface area contributed by atoms with Crippen LogP contribution in [-0.4, -0.2) is 41.3 Å². The molecule has 1 N–H and O–H groups in total. The van der Waals surface area contributed by atoms with Crippen molar-refractivity contribution < 1.29 is 4.74 Å². The topological polar surface area (TPSA) is 58.2 Å². The van der Waals surface area contributed by atoms with Crippen LogP contribution >= 0.6 is 0 Å². The molecule has 124 valence electrons. The number of likely N-dealkylation sites (tertiary alicyclic amines) is 1. The van der Waals surface area contributed by atoms with Crippen molar-refractivity contribution >= 4 is 5.57 Å². The van der Waals surface area contributed by atoms with Gasteiger partial charge in [-0.2, -0.15) is 5.10 Å². The molecule has 0 atom stereocenters. The fourth-order valence-electron chi connectivity index (χ4n) is 3.15. The SMILES string of the molecule is O=c1ccc(C2=CC=C(OCCCN3CCCCC3)CC2)n[nH]1. The standard InChI is InChI=1S/C18H25N3O2/c22-18-10-9-17(19-20-18)15-5-7-16(8-6-15)23-14-4-13-21-11-2-1-3-12-21/h5,7,9-10H,1-4,6,8,11-14H2,(H,20,22). The molecule has 5 nitrogen and oxygen atoms in total.